The van der Waals surface area contributed by atoms with Crippen molar-refractivity contribution in [3.8, 4) is 11.5 Å². The van der Waals surface area contributed by atoms with Gasteiger partial charge < -0.3 is 14.6 Å². The number of allylic oxidation sites excluding steroid dienone is 5. The molecule has 2 N–H and O–H groups in total. The smallest absolute Gasteiger partial charge is 0.197 e. The van der Waals surface area contributed by atoms with E-state index in [1.54, 1.807) is 30.4 Å². The molecular formula is C17H14O4. The number of benzene rings is 1. The van der Waals surface area contributed by atoms with Gasteiger partial charge in [-0.3, -0.25) is 4.79 Å². The molecule has 4 nitrogen and oxygen atoms in total. The molecule has 0 fully saturated rings. The van der Waals surface area contributed by atoms with E-state index in [-0.39, 0.29) is 27.9 Å². The molecule has 21 heavy (non-hydrogen) atoms. The Morgan fingerprint density at radius 1 is 1.19 bits per heavy atom. The molecule has 0 aliphatic carbocycles. The quantitative estimate of drug-likeness (QED) is 0.842. The molecule has 0 spiro atoms. The molecular weight excluding hydrogens is 268 g/mol. The van der Waals surface area contributed by atoms with E-state index in [2.05, 4.69) is 13.2 Å². The second-order valence-electron chi connectivity index (χ2n) is 4.29. The minimum absolute atomic E-state index is 0.0375. The molecule has 0 bridgehead atoms. The molecule has 2 aromatic rings. The van der Waals surface area contributed by atoms with Crippen molar-refractivity contribution in [1.29, 1.82) is 0 Å². The first kappa shape index (κ1) is 14.4. The summed E-state index contributed by atoms with van der Waals surface area (Å²) in [5.74, 6) is -0.190. The van der Waals surface area contributed by atoms with Crippen LogP contribution >= 0.6 is 0 Å². The average Bonchev–Trinajstić information content (AvgIpc) is 2.42. The molecule has 2 rings (SSSR count). The molecule has 0 aliphatic heterocycles. The van der Waals surface area contributed by atoms with Crippen LogP contribution < -0.4 is 5.43 Å². The maximum atomic E-state index is 12.0. The lowest BCUT2D eigenvalue weighted by molar-refractivity contribution is 0.452. The highest BCUT2D eigenvalue weighted by Gasteiger charge is 2.09. The Balaban J connectivity index is 2.55. The summed E-state index contributed by atoms with van der Waals surface area (Å²) >= 11 is 0. The van der Waals surface area contributed by atoms with E-state index >= 15 is 0 Å². The van der Waals surface area contributed by atoms with Crippen LogP contribution in [0.3, 0.4) is 0 Å². The van der Waals surface area contributed by atoms with Crippen molar-refractivity contribution in [2.24, 2.45) is 0 Å². The van der Waals surface area contributed by atoms with Gasteiger partial charge in [0.15, 0.2) is 5.43 Å². The number of rotatable bonds is 4. The summed E-state index contributed by atoms with van der Waals surface area (Å²) < 4.78 is 5.48. The Morgan fingerprint density at radius 3 is 2.62 bits per heavy atom. The molecule has 0 saturated carbocycles. The van der Waals surface area contributed by atoms with Gasteiger partial charge >= 0.3 is 0 Å². The Labute approximate surface area is 121 Å². The van der Waals surface area contributed by atoms with E-state index < -0.39 is 0 Å². The van der Waals surface area contributed by atoms with Crippen molar-refractivity contribution in [3.05, 3.63) is 77.2 Å². The van der Waals surface area contributed by atoms with Crippen LogP contribution in [0.4, 0.5) is 0 Å². The topological polar surface area (TPSA) is 70.7 Å². The fourth-order valence-electron chi connectivity index (χ4n) is 1.86. The van der Waals surface area contributed by atoms with Crippen LogP contribution in [-0.2, 0) is 0 Å². The number of aromatic hydroxyl groups is 2. The second-order valence-corrected chi connectivity index (χ2v) is 4.29. The van der Waals surface area contributed by atoms with Crippen molar-refractivity contribution in [2.75, 3.05) is 0 Å². The van der Waals surface area contributed by atoms with Crippen LogP contribution in [0.5, 0.6) is 11.5 Å². The third-order valence-corrected chi connectivity index (χ3v) is 2.80. The zero-order valence-corrected chi connectivity index (χ0v) is 11.2. The second kappa shape index (κ2) is 5.96. The molecule has 0 radical (unpaired) electrons. The predicted octanol–water partition coefficient (Wildman–Crippen LogP) is 3.52. The molecule has 1 aromatic carbocycles. The molecule has 0 saturated heterocycles. The standard InChI is InChI=1S/C17H14O4/c1-3-5-11(4-2)6-7-13-10-15(20)17-14(19)8-12(18)9-16(17)21-13/h3-10,18-19H,1-2H2/b7-6+,11-5+. The van der Waals surface area contributed by atoms with Gasteiger partial charge in [-0.15, -0.1) is 0 Å². The molecule has 1 aromatic heterocycles. The predicted molar refractivity (Wildman–Crippen MR) is 83.3 cm³/mol. The first-order chi connectivity index (χ1) is 10.0. The summed E-state index contributed by atoms with van der Waals surface area (Å²) in [5.41, 5.74) is 0.528. The molecule has 0 unspecified atom stereocenters. The summed E-state index contributed by atoms with van der Waals surface area (Å²) in [6.07, 6.45) is 8.31. The lowest BCUT2D eigenvalue weighted by atomic mass is 10.1. The number of phenols is 2. The van der Waals surface area contributed by atoms with E-state index in [1.165, 1.54) is 12.1 Å². The minimum atomic E-state index is -0.388. The van der Waals surface area contributed by atoms with Crippen LogP contribution in [-0.4, -0.2) is 10.2 Å². The highest BCUT2D eigenvalue weighted by atomic mass is 16.3. The lowest BCUT2D eigenvalue weighted by Gasteiger charge is -2.02. The van der Waals surface area contributed by atoms with Gasteiger partial charge in [-0.1, -0.05) is 37.5 Å². The molecule has 1 heterocycles. The van der Waals surface area contributed by atoms with Crippen molar-refractivity contribution in [1.82, 2.24) is 0 Å². The van der Waals surface area contributed by atoms with Crippen LogP contribution in [0.1, 0.15) is 5.76 Å². The van der Waals surface area contributed by atoms with Gasteiger partial charge in [0.1, 0.15) is 28.2 Å². The van der Waals surface area contributed by atoms with E-state index in [0.29, 0.717) is 5.76 Å². The van der Waals surface area contributed by atoms with Gasteiger partial charge in [0.25, 0.3) is 0 Å². The van der Waals surface area contributed by atoms with Crippen LogP contribution in [0, 0.1) is 0 Å². The van der Waals surface area contributed by atoms with Gasteiger partial charge in [0.2, 0.25) is 0 Å². The van der Waals surface area contributed by atoms with Crippen LogP contribution in [0.2, 0.25) is 0 Å². The fraction of sp³-hybridized carbons (Fsp3) is 0. The van der Waals surface area contributed by atoms with Gasteiger partial charge in [0.05, 0.1) is 0 Å². The van der Waals surface area contributed by atoms with Crippen molar-refractivity contribution in [2.45, 2.75) is 0 Å². The summed E-state index contributed by atoms with van der Waals surface area (Å²) in [7, 11) is 0. The van der Waals surface area contributed by atoms with Gasteiger partial charge in [-0.2, -0.15) is 0 Å². The maximum Gasteiger partial charge on any atom is 0.197 e. The third kappa shape index (κ3) is 3.12. The van der Waals surface area contributed by atoms with E-state index in [9.17, 15) is 15.0 Å². The third-order valence-electron chi connectivity index (χ3n) is 2.80. The van der Waals surface area contributed by atoms with E-state index in [0.717, 1.165) is 11.6 Å². The zero-order valence-electron chi connectivity index (χ0n) is 11.2. The van der Waals surface area contributed by atoms with Gasteiger partial charge in [0, 0.05) is 18.2 Å². The van der Waals surface area contributed by atoms with Crippen LogP contribution in [0.25, 0.3) is 17.0 Å². The fourth-order valence-corrected chi connectivity index (χ4v) is 1.86. The summed E-state index contributed by atoms with van der Waals surface area (Å²) in [6.45, 7) is 7.25. The SMILES string of the molecule is C=C/C=C(C=C)/C=C/c1cc(=O)c2c(O)cc(O)cc2o1. The number of hydrogen-bond donors (Lipinski definition) is 2. The molecule has 0 atom stereocenters. The Hall–Kier alpha value is -3.01. The largest absolute Gasteiger partial charge is 0.508 e. The summed E-state index contributed by atoms with van der Waals surface area (Å²) in [4.78, 5) is 12.0. The maximum absolute atomic E-state index is 12.0. The molecule has 0 amide bonds. The lowest BCUT2D eigenvalue weighted by Crippen LogP contribution is -2.00. The zero-order chi connectivity index (χ0) is 15.4. The van der Waals surface area contributed by atoms with Crippen LogP contribution in [0.15, 0.2) is 70.4 Å². The van der Waals surface area contributed by atoms with E-state index in [1.807, 2.05) is 0 Å². The first-order valence-corrected chi connectivity index (χ1v) is 6.18. The number of phenolic OH excluding ortho intramolecular Hbond substituents is 2. The van der Waals surface area contributed by atoms with Gasteiger partial charge in [-0.05, 0) is 11.6 Å². The molecule has 0 aliphatic rings. The first-order valence-electron chi connectivity index (χ1n) is 6.18. The van der Waals surface area contributed by atoms with Gasteiger partial charge in [-0.25, -0.2) is 0 Å². The number of hydrogen-bond acceptors (Lipinski definition) is 4. The average molecular weight is 282 g/mol. The van der Waals surface area contributed by atoms with Crippen molar-refractivity contribution in [3.63, 3.8) is 0 Å². The minimum Gasteiger partial charge on any atom is -0.508 e. The highest BCUT2D eigenvalue weighted by molar-refractivity contribution is 5.85. The number of fused-ring (bicyclic) bond motifs is 1. The normalized spacial score (nSPS) is 11.9. The molecule has 4 heteroatoms. The Bertz CT molecular complexity index is 823. The van der Waals surface area contributed by atoms with Crippen molar-refractivity contribution < 1.29 is 14.6 Å². The molecule has 106 valence electrons. The summed E-state index contributed by atoms with van der Waals surface area (Å²) in [5, 5.41) is 19.2. The monoisotopic (exact) mass is 282 g/mol. The van der Waals surface area contributed by atoms with E-state index in [4.69, 9.17) is 4.42 Å². The Kier molecular flexibility index (Phi) is 4.09. The Morgan fingerprint density at radius 2 is 1.95 bits per heavy atom. The highest BCUT2D eigenvalue weighted by Crippen LogP contribution is 2.28. The van der Waals surface area contributed by atoms with Crippen molar-refractivity contribution >= 4 is 17.0 Å². The summed E-state index contributed by atoms with van der Waals surface area (Å²) in [6, 6.07) is 3.64.